The van der Waals surface area contributed by atoms with Gasteiger partial charge in [-0.05, 0) is 25.1 Å². The van der Waals surface area contributed by atoms with E-state index in [9.17, 15) is 4.79 Å². The summed E-state index contributed by atoms with van der Waals surface area (Å²) in [4.78, 5) is 20.8. The molecule has 2 heterocycles. The molecule has 1 atom stereocenters. The number of pyridine rings is 1. The molecule has 0 bridgehead atoms. The van der Waals surface area contributed by atoms with Crippen LogP contribution in [0.25, 0.3) is 0 Å². The Kier molecular flexibility index (Phi) is 6.53. The van der Waals surface area contributed by atoms with Crippen LogP contribution >= 0.6 is 11.6 Å². The number of likely N-dealkylation sites (N-methyl/N-ethyl adjacent to an activating group) is 1. The number of nitrogens with one attached hydrogen (secondary N) is 1. The number of hydrogen-bond acceptors (Lipinski definition) is 5. The maximum atomic E-state index is 12.5. The van der Waals surface area contributed by atoms with E-state index in [4.69, 9.17) is 16.3 Å². The summed E-state index contributed by atoms with van der Waals surface area (Å²) in [5, 5.41) is 3.73. The average Bonchev–Trinajstić information content (AvgIpc) is 2.72. The summed E-state index contributed by atoms with van der Waals surface area (Å²) in [6.45, 7) is 5.14. The quantitative estimate of drug-likeness (QED) is 0.823. The van der Waals surface area contributed by atoms with Crippen LogP contribution in [0.2, 0.25) is 5.02 Å². The number of aromatic nitrogens is 1. The predicted octanol–water partition coefficient (Wildman–Crippen LogP) is 3.14. The first-order valence-corrected chi connectivity index (χ1v) is 9.48. The SMILES string of the molecule is CC(CNc1ncc(C(=O)N2CCOCC2)cc1Cl)N(C)c1ccccc1. The van der Waals surface area contributed by atoms with Crippen molar-refractivity contribution < 1.29 is 9.53 Å². The molecule has 144 valence electrons. The molecule has 1 aliphatic rings. The monoisotopic (exact) mass is 388 g/mol. The van der Waals surface area contributed by atoms with Crippen molar-refractivity contribution >= 4 is 29.0 Å². The van der Waals surface area contributed by atoms with E-state index in [0.29, 0.717) is 49.3 Å². The number of morpholine rings is 1. The normalized spacial score (nSPS) is 15.3. The van der Waals surface area contributed by atoms with Crippen molar-refractivity contribution in [1.82, 2.24) is 9.88 Å². The van der Waals surface area contributed by atoms with Gasteiger partial charge in [-0.1, -0.05) is 29.8 Å². The Morgan fingerprint density at radius 3 is 2.70 bits per heavy atom. The van der Waals surface area contributed by atoms with Crippen LogP contribution in [0, 0.1) is 0 Å². The molecule has 1 N–H and O–H groups in total. The summed E-state index contributed by atoms with van der Waals surface area (Å²) in [7, 11) is 2.06. The summed E-state index contributed by atoms with van der Waals surface area (Å²) < 4.78 is 5.28. The molecule has 0 aliphatic carbocycles. The van der Waals surface area contributed by atoms with Crippen molar-refractivity contribution in [3.05, 3.63) is 53.2 Å². The maximum Gasteiger partial charge on any atom is 0.255 e. The second-order valence-corrected chi connectivity index (χ2v) is 7.04. The number of ether oxygens (including phenoxy) is 1. The molecule has 27 heavy (non-hydrogen) atoms. The Labute approximate surface area is 165 Å². The topological polar surface area (TPSA) is 57.7 Å². The van der Waals surface area contributed by atoms with Crippen molar-refractivity contribution in [2.75, 3.05) is 50.1 Å². The van der Waals surface area contributed by atoms with E-state index in [1.54, 1.807) is 17.2 Å². The van der Waals surface area contributed by atoms with Crippen LogP contribution in [0.15, 0.2) is 42.6 Å². The number of nitrogens with zero attached hydrogens (tertiary/aromatic N) is 3. The predicted molar refractivity (Wildman–Crippen MR) is 109 cm³/mol. The Balaban J connectivity index is 1.60. The molecule has 1 amide bonds. The van der Waals surface area contributed by atoms with Crippen molar-refractivity contribution in [3.63, 3.8) is 0 Å². The minimum Gasteiger partial charge on any atom is -0.378 e. The van der Waals surface area contributed by atoms with Gasteiger partial charge in [-0.15, -0.1) is 0 Å². The largest absolute Gasteiger partial charge is 0.378 e. The first-order chi connectivity index (χ1) is 13.1. The fourth-order valence-corrected chi connectivity index (χ4v) is 3.17. The first kappa shape index (κ1) is 19.5. The van der Waals surface area contributed by atoms with Gasteiger partial charge in [0.2, 0.25) is 0 Å². The van der Waals surface area contributed by atoms with Gasteiger partial charge in [0.25, 0.3) is 5.91 Å². The van der Waals surface area contributed by atoms with E-state index >= 15 is 0 Å². The van der Waals surface area contributed by atoms with Gasteiger partial charge in [-0.2, -0.15) is 0 Å². The molecule has 7 heteroatoms. The van der Waals surface area contributed by atoms with Crippen molar-refractivity contribution in [2.24, 2.45) is 0 Å². The van der Waals surface area contributed by atoms with Crippen LogP contribution in [0.1, 0.15) is 17.3 Å². The standard InChI is InChI=1S/C20H25ClN4O2/c1-15(24(2)17-6-4-3-5-7-17)13-22-19-18(21)12-16(14-23-19)20(26)25-8-10-27-11-9-25/h3-7,12,14-15H,8-11,13H2,1-2H3,(H,22,23). The molecule has 3 rings (SSSR count). The summed E-state index contributed by atoms with van der Waals surface area (Å²) in [5.41, 5.74) is 1.65. The van der Waals surface area contributed by atoms with E-state index in [2.05, 4.69) is 41.3 Å². The van der Waals surface area contributed by atoms with Crippen LogP contribution < -0.4 is 10.2 Å². The molecule has 1 unspecified atom stereocenters. The third-order valence-electron chi connectivity index (χ3n) is 4.78. The fourth-order valence-electron chi connectivity index (χ4n) is 2.93. The molecule has 0 spiro atoms. The number of hydrogen-bond donors (Lipinski definition) is 1. The summed E-state index contributed by atoms with van der Waals surface area (Å²) in [6, 6.07) is 12.1. The lowest BCUT2D eigenvalue weighted by Crippen LogP contribution is -2.40. The molecule has 2 aromatic rings. The molecule has 1 aromatic carbocycles. The lowest BCUT2D eigenvalue weighted by atomic mass is 10.2. The average molecular weight is 389 g/mol. The number of carbonyl (C=O) groups is 1. The van der Waals surface area contributed by atoms with E-state index in [1.165, 1.54) is 0 Å². The van der Waals surface area contributed by atoms with Crippen molar-refractivity contribution in [2.45, 2.75) is 13.0 Å². The van der Waals surface area contributed by atoms with Gasteiger partial charge in [-0.3, -0.25) is 4.79 Å². The molecular weight excluding hydrogens is 364 g/mol. The second-order valence-electron chi connectivity index (χ2n) is 6.64. The molecule has 6 nitrogen and oxygen atoms in total. The number of halogens is 1. The molecule has 1 aliphatic heterocycles. The number of rotatable bonds is 6. The summed E-state index contributed by atoms with van der Waals surface area (Å²) in [5.74, 6) is 0.528. The zero-order valence-electron chi connectivity index (χ0n) is 15.7. The minimum absolute atomic E-state index is 0.0589. The van der Waals surface area contributed by atoms with Crippen LogP contribution in [-0.2, 0) is 4.74 Å². The van der Waals surface area contributed by atoms with E-state index in [-0.39, 0.29) is 11.9 Å². The molecular formula is C20H25ClN4O2. The lowest BCUT2D eigenvalue weighted by molar-refractivity contribution is 0.0302. The van der Waals surface area contributed by atoms with Gasteiger partial charge in [0.15, 0.2) is 0 Å². The van der Waals surface area contributed by atoms with Crippen LogP contribution in [-0.4, -0.2) is 61.7 Å². The van der Waals surface area contributed by atoms with E-state index in [1.807, 2.05) is 18.2 Å². The van der Waals surface area contributed by atoms with E-state index < -0.39 is 0 Å². The van der Waals surface area contributed by atoms with Crippen LogP contribution in [0.4, 0.5) is 11.5 Å². The zero-order chi connectivity index (χ0) is 19.2. The zero-order valence-corrected chi connectivity index (χ0v) is 16.4. The van der Waals surface area contributed by atoms with Crippen molar-refractivity contribution in [1.29, 1.82) is 0 Å². The number of amides is 1. The van der Waals surface area contributed by atoms with Gasteiger partial charge in [-0.25, -0.2) is 4.98 Å². The van der Waals surface area contributed by atoms with Gasteiger partial charge in [0, 0.05) is 44.6 Å². The highest BCUT2D eigenvalue weighted by molar-refractivity contribution is 6.33. The maximum absolute atomic E-state index is 12.5. The fraction of sp³-hybridized carbons (Fsp3) is 0.400. The van der Waals surface area contributed by atoms with Crippen LogP contribution in [0.3, 0.4) is 0 Å². The lowest BCUT2D eigenvalue weighted by Gasteiger charge is -2.28. The molecule has 0 radical (unpaired) electrons. The van der Waals surface area contributed by atoms with E-state index in [0.717, 1.165) is 5.69 Å². The third-order valence-corrected chi connectivity index (χ3v) is 5.06. The Bertz CT molecular complexity index is 766. The van der Waals surface area contributed by atoms with Gasteiger partial charge < -0.3 is 19.9 Å². The van der Waals surface area contributed by atoms with Crippen LogP contribution in [0.5, 0.6) is 0 Å². The number of carbonyl (C=O) groups excluding carboxylic acids is 1. The van der Waals surface area contributed by atoms with Gasteiger partial charge in [0.05, 0.1) is 23.8 Å². The molecule has 1 fully saturated rings. The minimum atomic E-state index is -0.0589. The third kappa shape index (κ3) is 4.90. The summed E-state index contributed by atoms with van der Waals surface area (Å²) in [6.07, 6.45) is 1.58. The highest BCUT2D eigenvalue weighted by atomic mass is 35.5. The smallest absolute Gasteiger partial charge is 0.255 e. The highest BCUT2D eigenvalue weighted by Gasteiger charge is 2.20. The molecule has 1 saturated heterocycles. The number of anilines is 2. The number of benzene rings is 1. The second kappa shape index (κ2) is 9.06. The van der Waals surface area contributed by atoms with Gasteiger partial charge in [0.1, 0.15) is 5.82 Å². The Morgan fingerprint density at radius 1 is 1.33 bits per heavy atom. The molecule has 0 saturated carbocycles. The Morgan fingerprint density at radius 2 is 2.04 bits per heavy atom. The molecule has 1 aromatic heterocycles. The Hall–Kier alpha value is -2.31. The highest BCUT2D eigenvalue weighted by Crippen LogP contribution is 2.22. The van der Waals surface area contributed by atoms with Gasteiger partial charge >= 0.3 is 0 Å². The summed E-state index contributed by atoms with van der Waals surface area (Å²) >= 11 is 6.36. The first-order valence-electron chi connectivity index (χ1n) is 9.10. The van der Waals surface area contributed by atoms with Crippen molar-refractivity contribution in [3.8, 4) is 0 Å². The number of para-hydroxylation sites is 1.